The first kappa shape index (κ1) is 18.1. The fourth-order valence-electron chi connectivity index (χ4n) is 3.02. The Labute approximate surface area is 152 Å². The molecule has 0 unspecified atom stereocenters. The minimum atomic E-state index is -3.57. The van der Waals surface area contributed by atoms with Gasteiger partial charge in [-0.2, -0.15) is 0 Å². The SMILES string of the molecule is CC(=O)Nc1ccc(S(=O)(=O)CCC(=O)N2CCc3ccccc32)cc1. The van der Waals surface area contributed by atoms with Crippen LogP contribution in [-0.2, 0) is 25.8 Å². The van der Waals surface area contributed by atoms with Crippen LogP contribution in [0.4, 0.5) is 11.4 Å². The Kier molecular flexibility index (Phi) is 5.08. The lowest BCUT2D eigenvalue weighted by Gasteiger charge is -2.17. The first-order chi connectivity index (χ1) is 12.4. The van der Waals surface area contributed by atoms with Gasteiger partial charge >= 0.3 is 0 Å². The summed E-state index contributed by atoms with van der Waals surface area (Å²) < 4.78 is 24.9. The number of rotatable bonds is 5. The molecule has 2 amide bonds. The van der Waals surface area contributed by atoms with E-state index in [1.807, 2.05) is 24.3 Å². The van der Waals surface area contributed by atoms with E-state index in [2.05, 4.69) is 5.32 Å². The van der Waals surface area contributed by atoms with Crippen LogP contribution in [0.5, 0.6) is 0 Å². The summed E-state index contributed by atoms with van der Waals surface area (Å²) in [6.07, 6.45) is 0.726. The molecule has 1 heterocycles. The quantitative estimate of drug-likeness (QED) is 0.874. The molecule has 2 aromatic carbocycles. The number of nitrogens with one attached hydrogen (secondary N) is 1. The fourth-order valence-corrected chi connectivity index (χ4v) is 4.25. The van der Waals surface area contributed by atoms with Crippen LogP contribution < -0.4 is 10.2 Å². The first-order valence-electron chi connectivity index (χ1n) is 8.35. The maximum absolute atomic E-state index is 12.5. The lowest BCUT2D eigenvalue weighted by atomic mass is 10.2. The van der Waals surface area contributed by atoms with Gasteiger partial charge in [0.2, 0.25) is 11.8 Å². The molecule has 0 radical (unpaired) electrons. The van der Waals surface area contributed by atoms with Crippen molar-refractivity contribution in [2.24, 2.45) is 0 Å². The van der Waals surface area contributed by atoms with Gasteiger partial charge in [0.15, 0.2) is 9.84 Å². The second-order valence-corrected chi connectivity index (χ2v) is 8.31. The van der Waals surface area contributed by atoms with Crippen molar-refractivity contribution in [1.82, 2.24) is 0 Å². The van der Waals surface area contributed by atoms with E-state index in [9.17, 15) is 18.0 Å². The molecule has 6 nitrogen and oxygen atoms in total. The van der Waals surface area contributed by atoms with Crippen molar-refractivity contribution in [2.75, 3.05) is 22.5 Å². The molecule has 2 aromatic rings. The zero-order valence-electron chi connectivity index (χ0n) is 14.4. The number of carbonyl (C=O) groups is 2. The van der Waals surface area contributed by atoms with Gasteiger partial charge in [-0.1, -0.05) is 18.2 Å². The molecule has 7 heteroatoms. The smallest absolute Gasteiger partial charge is 0.228 e. The third-order valence-electron chi connectivity index (χ3n) is 4.31. The Bertz CT molecular complexity index is 936. The van der Waals surface area contributed by atoms with Crippen LogP contribution in [0.3, 0.4) is 0 Å². The van der Waals surface area contributed by atoms with Gasteiger partial charge in [-0.05, 0) is 42.3 Å². The van der Waals surface area contributed by atoms with E-state index in [0.29, 0.717) is 12.2 Å². The maximum atomic E-state index is 12.5. The molecule has 0 spiro atoms. The van der Waals surface area contributed by atoms with Crippen LogP contribution in [0.25, 0.3) is 0 Å². The minimum Gasteiger partial charge on any atom is -0.326 e. The zero-order chi connectivity index (χ0) is 18.7. The van der Waals surface area contributed by atoms with Gasteiger partial charge in [-0.3, -0.25) is 9.59 Å². The highest BCUT2D eigenvalue weighted by Crippen LogP contribution is 2.28. The maximum Gasteiger partial charge on any atom is 0.228 e. The van der Waals surface area contributed by atoms with Gasteiger partial charge in [-0.15, -0.1) is 0 Å². The van der Waals surface area contributed by atoms with Crippen molar-refractivity contribution in [3.8, 4) is 0 Å². The average molecular weight is 372 g/mol. The Morgan fingerprint density at radius 3 is 2.46 bits per heavy atom. The molecule has 136 valence electrons. The van der Waals surface area contributed by atoms with Crippen molar-refractivity contribution in [1.29, 1.82) is 0 Å². The molecule has 0 atom stereocenters. The normalized spacial score (nSPS) is 13.3. The number of anilines is 2. The monoisotopic (exact) mass is 372 g/mol. The third kappa shape index (κ3) is 3.94. The number of fused-ring (bicyclic) bond motifs is 1. The number of sulfone groups is 1. The summed E-state index contributed by atoms with van der Waals surface area (Å²) in [5.41, 5.74) is 2.51. The molecular weight excluding hydrogens is 352 g/mol. The van der Waals surface area contributed by atoms with E-state index in [1.165, 1.54) is 31.2 Å². The lowest BCUT2D eigenvalue weighted by Crippen LogP contribution is -2.30. The molecule has 3 rings (SSSR count). The molecule has 0 aliphatic carbocycles. The summed E-state index contributed by atoms with van der Waals surface area (Å²) in [7, 11) is -3.57. The summed E-state index contributed by atoms with van der Waals surface area (Å²) in [5, 5.41) is 2.59. The van der Waals surface area contributed by atoms with Crippen molar-refractivity contribution in [3.05, 3.63) is 54.1 Å². The van der Waals surface area contributed by atoms with Crippen LogP contribution >= 0.6 is 0 Å². The standard InChI is InChI=1S/C19H20N2O4S/c1-14(22)20-16-6-8-17(9-7-16)26(24,25)13-11-19(23)21-12-10-15-4-2-3-5-18(15)21/h2-9H,10-13H2,1H3,(H,20,22). The highest BCUT2D eigenvalue weighted by Gasteiger charge is 2.25. The van der Waals surface area contributed by atoms with E-state index in [0.717, 1.165) is 17.7 Å². The lowest BCUT2D eigenvalue weighted by molar-refractivity contribution is -0.118. The van der Waals surface area contributed by atoms with Gasteiger partial charge < -0.3 is 10.2 Å². The predicted octanol–water partition coefficient (Wildman–Crippen LogP) is 2.40. The van der Waals surface area contributed by atoms with E-state index < -0.39 is 9.84 Å². The molecule has 0 saturated carbocycles. The van der Waals surface area contributed by atoms with Gasteiger partial charge in [0.05, 0.1) is 10.6 Å². The van der Waals surface area contributed by atoms with Crippen LogP contribution in [0.15, 0.2) is 53.4 Å². The van der Waals surface area contributed by atoms with Gasteiger partial charge in [0.25, 0.3) is 0 Å². The molecule has 0 fully saturated rings. The molecule has 1 N–H and O–H groups in total. The Balaban J connectivity index is 1.65. The van der Waals surface area contributed by atoms with Gasteiger partial charge in [0.1, 0.15) is 0 Å². The summed E-state index contributed by atoms with van der Waals surface area (Å²) in [6.45, 7) is 1.97. The second kappa shape index (κ2) is 7.29. The summed E-state index contributed by atoms with van der Waals surface area (Å²) in [5.74, 6) is -0.658. The van der Waals surface area contributed by atoms with Crippen molar-refractivity contribution in [2.45, 2.75) is 24.7 Å². The zero-order valence-corrected chi connectivity index (χ0v) is 15.3. The van der Waals surface area contributed by atoms with Gasteiger partial charge in [-0.25, -0.2) is 8.42 Å². The fraction of sp³-hybridized carbons (Fsp3) is 0.263. The van der Waals surface area contributed by atoms with Crippen molar-refractivity contribution < 1.29 is 18.0 Å². The predicted molar refractivity (Wildman–Crippen MR) is 99.9 cm³/mol. The summed E-state index contributed by atoms with van der Waals surface area (Å²) >= 11 is 0. The molecular formula is C19H20N2O4S. The van der Waals surface area contributed by atoms with Crippen LogP contribution in [0.1, 0.15) is 18.9 Å². The molecule has 0 saturated heterocycles. The van der Waals surface area contributed by atoms with Crippen molar-refractivity contribution in [3.63, 3.8) is 0 Å². The average Bonchev–Trinajstić information content (AvgIpc) is 3.04. The summed E-state index contributed by atoms with van der Waals surface area (Å²) in [4.78, 5) is 25.3. The highest BCUT2D eigenvalue weighted by molar-refractivity contribution is 7.91. The molecule has 26 heavy (non-hydrogen) atoms. The van der Waals surface area contributed by atoms with Crippen LogP contribution in [0.2, 0.25) is 0 Å². The molecule has 0 bridgehead atoms. The summed E-state index contributed by atoms with van der Waals surface area (Å²) in [6, 6.07) is 13.6. The highest BCUT2D eigenvalue weighted by atomic mass is 32.2. The van der Waals surface area contributed by atoms with E-state index >= 15 is 0 Å². The number of carbonyl (C=O) groups excluding carboxylic acids is 2. The van der Waals surface area contributed by atoms with Crippen molar-refractivity contribution >= 4 is 33.0 Å². The second-order valence-electron chi connectivity index (χ2n) is 6.20. The molecule has 1 aliphatic heterocycles. The Morgan fingerprint density at radius 2 is 1.77 bits per heavy atom. The number of benzene rings is 2. The Hall–Kier alpha value is -2.67. The topological polar surface area (TPSA) is 83.5 Å². The largest absolute Gasteiger partial charge is 0.326 e. The number of nitrogens with zero attached hydrogens (tertiary/aromatic N) is 1. The Morgan fingerprint density at radius 1 is 1.08 bits per heavy atom. The number of hydrogen-bond acceptors (Lipinski definition) is 4. The molecule has 1 aliphatic rings. The molecule has 0 aromatic heterocycles. The number of para-hydroxylation sites is 1. The first-order valence-corrected chi connectivity index (χ1v) is 10.0. The van der Waals surface area contributed by atoms with Gasteiger partial charge in [0, 0.05) is 31.3 Å². The van der Waals surface area contributed by atoms with E-state index in [-0.39, 0.29) is 28.9 Å². The number of amides is 2. The van der Waals surface area contributed by atoms with E-state index in [1.54, 1.807) is 4.90 Å². The van der Waals surface area contributed by atoms with Crippen LogP contribution in [-0.4, -0.2) is 32.5 Å². The van der Waals surface area contributed by atoms with Crippen LogP contribution in [0, 0.1) is 0 Å². The third-order valence-corrected chi connectivity index (χ3v) is 6.04. The van der Waals surface area contributed by atoms with E-state index in [4.69, 9.17) is 0 Å². The minimum absolute atomic E-state index is 0.0654. The number of hydrogen-bond donors (Lipinski definition) is 1.